The van der Waals surface area contributed by atoms with Crippen molar-refractivity contribution in [3.8, 4) is 0 Å². The first-order valence-electron chi connectivity index (χ1n) is 8.75. The molecule has 7 nitrogen and oxygen atoms in total. The van der Waals surface area contributed by atoms with Gasteiger partial charge in [0.05, 0.1) is 32.0 Å². The summed E-state index contributed by atoms with van der Waals surface area (Å²) in [5.41, 5.74) is 0. The van der Waals surface area contributed by atoms with Gasteiger partial charge in [-0.3, -0.25) is 9.58 Å². The molecule has 130 valence electrons. The first kappa shape index (κ1) is 16.8. The molecule has 2 fully saturated rings. The van der Waals surface area contributed by atoms with E-state index in [2.05, 4.69) is 15.0 Å². The number of ether oxygens (including phenoxy) is 2. The molecule has 0 bridgehead atoms. The number of rotatable bonds is 8. The minimum Gasteiger partial charge on any atom is -0.389 e. The Morgan fingerprint density at radius 3 is 3.04 bits per heavy atom. The number of hydrogen-bond acceptors (Lipinski definition) is 6. The molecule has 7 heteroatoms. The minimum absolute atomic E-state index is 0.220. The second-order valence-electron chi connectivity index (χ2n) is 6.59. The normalized spacial score (nSPS) is 27.3. The van der Waals surface area contributed by atoms with Crippen molar-refractivity contribution >= 4 is 0 Å². The highest BCUT2D eigenvalue weighted by Gasteiger charge is 2.25. The zero-order chi connectivity index (χ0) is 15.9. The van der Waals surface area contributed by atoms with Crippen molar-refractivity contribution in [2.45, 2.75) is 56.9 Å². The number of likely N-dealkylation sites (tertiary alicyclic amines) is 1. The summed E-state index contributed by atoms with van der Waals surface area (Å²) >= 11 is 0. The van der Waals surface area contributed by atoms with Gasteiger partial charge in [-0.05, 0) is 32.2 Å². The molecule has 0 amide bonds. The Morgan fingerprint density at radius 1 is 1.30 bits per heavy atom. The molecule has 0 aliphatic carbocycles. The Bertz CT molecular complexity index is 437. The molecule has 0 aromatic carbocycles. The van der Waals surface area contributed by atoms with Crippen LogP contribution in [0.2, 0.25) is 0 Å². The standard InChI is InChI=1S/C16H28N4O3/c21-15(10-22-11-16-5-3-7-23-16)9-19-6-2-1-4-14(19)8-20-13-17-12-18-20/h12-16,21H,1-11H2/t14-,15+,16+/m1/s1. The third-order valence-corrected chi connectivity index (χ3v) is 4.70. The lowest BCUT2D eigenvalue weighted by molar-refractivity contribution is -0.0322. The molecule has 3 heterocycles. The second kappa shape index (κ2) is 8.73. The van der Waals surface area contributed by atoms with Crippen LogP contribution in [-0.2, 0) is 16.0 Å². The van der Waals surface area contributed by atoms with E-state index in [0.29, 0.717) is 25.8 Å². The third-order valence-electron chi connectivity index (χ3n) is 4.70. The predicted molar refractivity (Wildman–Crippen MR) is 85.0 cm³/mol. The topological polar surface area (TPSA) is 72.6 Å². The van der Waals surface area contributed by atoms with Crippen molar-refractivity contribution in [1.29, 1.82) is 0 Å². The van der Waals surface area contributed by atoms with Crippen molar-refractivity contribution in [2.75, 3.05) is 32.9 Å². The Hall–Kier alpha value is -1.02. The van der Waals surface area contributed by atoms with Crippen LogP contribution in [0.3, 0.4) is 0 Å². The van der Waals surface area contributed by atoms with Crippen LogP contribution in [0.4, 0.5) is 0 Å². The summed E-state index contributed by atoms with van der Waals surface area (Å²) in [6.45, 7) is 4.34. The van der Waals surface area contributed by atoms with Gasteiger partial charge in [-0.15, -0.1) is 0 Å². The number of aliphatic hydroxyl groups is 1. The fourth-order valence-corrected chi connectivity index (χ4v) is 3.48. The Morgan fingerprint density at radius 2 is 2.26 bits per heavy atom. The maximum Gasteiger partial charge on any atom is 0.137 e. The van der Waals surface area contributed by atoms with E-state index < -0.39 is 6.10 Å². The first-order valence-corrected chi connectivity index (χ1v) is 8.75. The lowest BCUT2D eigenvalue weighted by Gasteiger charge is -2.36. The van der Waals surface area contributed by atoms with Crippen LogP contribution in [0.5, 0.6) is 0 Å². The van der Waals surface area contributed by atoms with Gasteiger partial charge in [0, 0.05) is 19.2 Å². The summed E-state index contributed by atoms with van der Waals surface area (Å²) in [5, 5.41) is 14.5. The van der Waals surface area contributed by atoms with Crippen LogP contribution in [0.25, 0.3) is 0 Å². The van der Waals surface area contributed by atoms with Crippen molar-refractivity contribution in [1.82, 2.24) is 19.7 Å². The third kappa shape index (κ3) is 5.24. The highest BCUT2D eigenvalue weighted by Crippen LogP contribution is 2.19. The van der Waals surface area contributed by atoms with Crippen LogP contribution < -0.4 is 0 Å². The molecule has 0 saturated carbocycles. The number of β-amino-alcohol motifs (C(OH)–C–C–N with tert-alkyl or cyclic N) is 1. The van der Waals surface area contributed by atoms with Gasteiger partial charge >= 0.3 is 0 Å². The average Bonchev–Trinajstić information content (AvgIpc) is 3.23. The van der Waals surface area contributed by atoms with Crippen LogP contribution in [0, 0.1) is 0 Å². The Kier molecular flexibility index (Phi) is 6.38. The summed E-state index contributed by atoms with van der Waals surface area (Å²) in [6, 6.07) is 0.415. The van der Waals surface area contributed by atoms with E-state index in [4.69, 9.17) is 9.47 Å². The average molecular weight is 324 g/mol. The lowest BCUT2D eigenvalue weighted by atomic mass is 10.0. The fourth-order valence-electron chi connectivity index (χ4n) is 3.48. The van der Waals surface area contributed by atoms with E-state index >= 15 is 0 Å². The molecule has 1 aromatic rings. The summed E-state index contributed by atoms with van der Waals surface area (Å²) in [4.78, 5) is 6.37. The zero-order valence-electron chi connectivity index (χ0n) is 13.7. The first-order chi connectivity index (χ1) is 11.3. The molecule has 23 heavy (non-hydrogen) atoms. The monoisotopic (exact) mass is 324 g/mol. The minimum atomic E-state index is -0.451. The molecule has 3 atom stereocenters. The number of hydrogen-bond donors (Lipinski definition) is 1. The van der Waals surface area contributed by atoms with E-state index in [1.165, 1.54) is 12.8 Å². The highest BCUT2D eigenvalue weighted by molar-refractivity contribution is 4.79. The van der Waals surface area contributed by atoms with E-state index in [0.717, 1.165) is 39.0 Å². The molecule has 2 aliphatic rings. The second-order valence-corrected chi connectivity index (χ2v) is 6.59. The number of piperidine rings is 1. The van der Waals surface area contributed by atoms with E-state index in [1.54, 1.807) is 12.7 Å². The summed E-state index contributed by atoms with van der Waals surface area (Å²) in [5.74, 6) is 0. The van der Waals surface area contributed by atoms with Crippen LogP contribution in [0.1, 0.15) is 32.1 Å². The highest BCUT2D eigenvalue weighted by atomic mass is 16.5. The van der Waals surface area contributed by atoms with E-state index in [-0.39, 0.29) is 6.10 Å². The van der Waals surface area contributed by atoms with Crippen molar-refractivity contribution < 1.29 is 14.6 Å². The molecule has 1 N–H and O–H groups in total. The molecule has 0 spiro atoms. The summed E-state index contributed by atoms with van der Waals surface area (Å²) < 4.78 is 13.0. The summed E-state index contributed by atoms with van der Waals surface area (Å²) in [7, 11) is 0. The van der Waals surface area contributed by atoms with E-state index in [1.807, 2.05) is 4.68 Å². The molecule has 2 aliphatic heterocycles. The SMILES string of the molecule is O[C@H](COC[C@@H]1CCCO1)CN1CCCC[C@@H]1Cn1cncn1. The van der Waals surface area contributed by atoms with Gasteiger partial charge in [0.1, 0.15) is 12.7 Å². The molecule has 3 rings (SSSR count). The summed E-state index contributed by atoms with van der Waals surface area (Å²) in [6.07, 6.45) is 8.86. The smallest absolute Gasteiger partial charge is 0.137 e. The van der Waals surface area contributed by atoms with Crippen molar-refractivity contribution in [3.63, 3.8) is 0 Å². The predicted octanol–water partition coefficient (Wildman–Crippen LogP) is 0.689. The van der Waals surface area contributed by atoms with Gasteiger partial charge in [0.15, 0.2) is 0 Å². The van der Waals surface area contributed by atoms with Gasteiger partial charge in [0.25, 0.3) is 0 Å². The van der Waals surface area contributed by atoms with Gasteiger partial charge in [-0.2, -0.15) is 5.10 Å². The van der Waals surface area contributed by atoms with Gasteiger partial charge in [0.2, 0.25) is 0 Å². The quantitative estimate of drug-likeness (QED) is 0.758. The van der Waals surface area contributed by atoms with Crippen LogP contribution >= 0.6 is 0 Å². The van der Waals surface area contributed by atoms with Gasteiger partial charge < -0.3 is 14.6 Å². The molecule has 0 radical (unpaired) electrons. The number of aromatic nitrogens is 3. The number of nitrogens with zero attached hydrogens (tertiary/aromatic N) is 4. The molecular formula is C16H28N4O3. The lowest BCUT2D eigenvalue weighted by Crippen LogP contribution is -2.46. The Labute approximate surface area is 137 Å². The van der Waals surface area contributed by atoms with Crippen LogP contribution in [-0.4, -0.2) is 75.9 Å². The largest absolute Gasteiger partial charge is 0.389 e. The van der Waals surface area contributed by atoms with Crippen LogP contribution in [0.15, 0.2) is 12.7 Å². The molecular weight excluding hydrogens is 296 g/mol. The van der Waals surface area contributed by atoms with Gasteiger partial charge in [-0.25, -0.2) is 4.98 Å². The van der Waals surface area contributed by atoms with Crippen molar-refractivity contribution in [2.24, 2.45) is 0 Å². The number of aliphatic hydroxyl groups excluding tert-OH is 1. The molecule has 1 aromatic heterocycles. The maximum atomic E-state index is 10.3. The van der Waals surface area contributed by atoms with Gasteiger partial charge in [-0.1, -0.05) is 6.42 Å². The molecule has 2 saturated heterocycles. The molecule has 0 unspecified atom stereocenters. The van der Waals surface area contributed by atoms with Crippen molar-refractivity contribution in [3.05, 3.63) is 12.7 Å². The zero-order valence-corrected chi connectivity index (χ0v) is 13.7. The fraction of sp³-hybridized carbons (Fsp3) is 0.875. The maximum absolute atomic E-state index is 10.3. The van der Waals surface area contributed by atoms with E-state index in [9.17, 15) is 5.11 Å². The Balaban J connectivity index is 1.40.